The van der Waals surface area contributed by atoms with Crippen molar-refractivity contribution >= 4 is 24.0 Å². The van der Waals surface area contributed by atoms with Crippen LogP contribution in [0.5, 0.6) is 11.5 Å². The van der Waals surface area contributed by atoms with Crippen molar-refractivity contribution in [3.8, 4) is 34.0 Å². The lowest BCUT2D eigenvalue weighted by molar-refractivity contribution is -0.135. The Labute approximate surface area is 374 Å². The Morgan fingerprint density at radius 3 is 2.17 bits per heavy atom. The summed E-state index contributed by atoms with van der Waals surface area (Å²) in [5.41, 5.74) is 7.71. The number of benzene rings is 2. The lowest BCUT2D eigenvalue weighted by atomic mass is 9.75. The van der Waals surface area contributed by atoms with Gasteiger partial charge in [0.2, 0.25) is 11.8 Å². The zero-order chi connectivity index (χ0) is 45.4. The molecule has 0 saturated heterocycles. The number of ether oxygens (including phenoxy) is 3. The van der Waals surface area contributed by atoms with Crippen LogP contribution in [0.4, 0.5) is 9.59 Å². The van der Waals surface area contributed by atoms with Gasteiger partial charge in [-0.15, -0.1) is 0 Å². The van der Waals surface area contributed by atoms with Gasteiger partial charge in [-0.25, -0.2) is 19.6 Å². The maximum atomic E-state index is 14.0. The molecule has 0 radical (unpaired) electrons. The number of H-pyrrole nitrogens is 2. The normalized spacial score (nSPS) is 18.7. The van der Waals surface area contributed by atoms with E-state index >= 15 is 0 Å². The first kappa shape index (κ1) is 44.2. The number of aromatic nitrogens is 4. The van der Waals surface area contributed by atoms with Crippen LogP contribution in [-0.2, 0) is 30.9 Å². The summed E-state index contributed by atoms with van der Waals surface area (Å²) in [5, 5.41) is 8.40. The van der Waals surface area contributed by atoms with Crippen LogP contribution in [0.15, 0.2) is 72.1 Å². The summed E-state index contributed by atoms with van der Waals surface area (Å²) in [5.74, 6) is 3.29. The lowest BCUT2D eigenvalue weighted by Crippen LogP contribution is -2.51. The minimum absolute atomic E-state index is 0.100. The van der Waals surface area contributed by atoms with E-state index in [-0.39, 0.29) is 29.7 Å². The van der Waals surface area contributed by atoms with Crippen molar-refractivity contribution in [2.45, 2.75) is 97.2 Å². The minimum atomic E-state index is -0.735. The van der Waals surface area contributed by atoms with Crippen LogP contribution in [0.2, 0.25) is 0 Å². The quantitative estimate of drug-likeness (QED) is 0.0740. The Bertz CT molecular complexity index is 2490. The fourth-order valence-corrected chi connectivity index (χ4v) is 8.84. The van der Waals surface area contributed by atoms with Crippen LogP contribution in [0.1, 0.15) is 96.0 Å². The van der Waals surface area contributed by atoms with E-state index in [1.54, 1.807) is 0 Å². The fourth-order valence-electron chi connectivity index (χ4n) is 8.84. The number of amides is 4. The third kappa shape index (κ3) is 9.29. The number of allylic oxidation sites excluding steroid dienone is 1. The molecule has 2 aromatic carbocycles. The molecule has 5 N–H and O–H groups in total. The molecule has 338 valence electrons. The molecule has 3 unspecified atom stereocenters. The molecule has 3 atom stereocenters. The Hall–Kier alpha value is -6.38. The average molecular weight is 873 g/mol. The molecule has 4 amide bonds. The van der Waals surface area contributed by atoms with Crippen molar-refractivity contribution in [1.82, 2.24) is 40.8 Å². The maximum Gasteiger partial charge on any atom is 0.407 e. The van der Waals surface area contributed by atoms with Crippen molar-refractivity contribution in [2.75, 3.05) is 27.3 Å². The third-order valence-corrected chi connectivity index (χ3v) is 13.0. The van der Waals surface area contributed by atoms with Crippen molar-refractivity contribution < 1.29 is 33.4 Å². The number of rotatable bonds is 15. The van der Waals surface area contributed by atoms with Gasteiger partial charge in [-0.2, -0.15) is 0 Å². The predicted molar refractivity (Wildman–Crippen MR) is 241 cm³/mol. The average Bonchev–Trinajstić information content (AvgIpc) is 4.16. The number of carbonyl (C=O) groups is 4. The molecule has 2 saturated carbocycles. The molecule has 2 aliphatic carbocycles. The van der Waals surface area contributed by atoms with E-state index in [4.69, 9.17) is 19.2 Å². The Morgan fingerprint density at radius 2 is 1.50 bits per heavy atom. The number of carbonyl (C=O) groups excluding carboxylic acids is 4. The van der Waals surface area contributed by atoms with Gasteiger partial charge in [0.25, 0.3) is 0 Å². The first-order valence-electron chi connectivity index (χ1n) is 22.4. The van der Waals surface area contributed by atoms with Crippen molar-refractivity contribution in [2.24, 2.45) is 23.7 Å². The highest BCUT2D eigenvalue weighted by molar-refractivity contribution is 5.87. The monoisotopic (exact) mass is 872 g/mol. The van der Waals surface area contributed by atoms with E-state index in [1.165, 1.54) is 19.8 Å². The van der Waals surface area contributed by atoms with Gasteiger partial charge in [-0.05, 0) is 79.2 Å². The van der Waals surface area contributed by atoms with Crippen LogP contribution in [-0.4, -0.2) is 88.2 Å². The summed E-state index contributed by atoms with van der Waals surface area (Å²) in [6.07, 6.45) is 11.7. The summed E-state index contributed by atoms with van der Waals surface area (Å²) >= 11 is 0. The van der Waals surface area contributed by atoms with Gasteiger partial charge in [0.15, 0.2) is 0 Å². The molecule has 0 bridgehead atoms. The van der Waals surface area contributed by atoms with Crippen LogP contribution in [0.25, 0.3) is 22.5 Å². The molecule has 0 spiro atoms. The van der Waals surface area contributed by atoms with Crippen LogP contribution >= 0.6 is 0 Å². The number of nitrogens with zero attached hydrogens (tertiary/aromatic N) is 3. The summed E-state index contributed by atoms with van der Waals surface area (Å²) < 4.78 is 16.2. The fraction of sp³-hybridized carbons (Fsp3) is 0.469. The zero-order valence-electron chi connectivity index (χ0n) is 38.0. The number of fused-ring (bicyclic) bond motifs is 2. The van der Waals surface area contributed by atoms with E-state index in [0.29, 0.717) is 37.2 Å². The predicted octanol–water partition coefficient (Wildman–Crippen LogP) is 7.87. The number of alkyl carbamates (subject to hydrolysis) is 2. The summed E-state index contributed by atoms with van der Waals surface area (Å²) in [7, 11) is 2.58. The second kappa shape index (κ2) is 18.0. The lowest BCUT2D eigenvalue weighted by Gasteiger charge is -2.35. The van der Waals surface area contributed by atoms with Gasteiger partial charge in [-0.1, -0.05) is 71.4 Å². The SMILES string of the molecule is COC(=O)NC(C(=O)NC/C(=C\Cc1ncc(-c2ccc3c(c2)Oc2ccc(-c4cnc(C5C=C(C6CC6)CN5C(=O)C(NC(=O)OC)C(C)C)[nH]4)cc2C3(C)C)[nH]1)C1CC1)C(C)C. The third-order valence-electron chi connectivity index (χ3n) is 13.0. The number of nitrogens with one attached hydrogen (secondary N) is 5. The summed E-state index contributed by atoms with van der Waals surface area (Å²) in [4.78, 5) is 69.4. The Kier molecular flexibility index (Phi) is 12.4. The smallest absolute Gasteiger partial charge is 0.407 e. The van der Waals surface area contributed by atoms with E-state index < -0.39 is 29.7 Å². The molecule has 15 heteroatoms. The molecule has 2 aliphatic heterocycles. The van der Waals surface area contributed by atoms with Gasteiger partial charge in [0.05, 0.1) is 38.0 Å². The van der Waals surface area contributed by atoms with Gasteiger partial charge < -0.3 is 45.0 Å². The van der Waals surface area contributed by atoms with Gasteiger partial charge >= 0.3 is 12.2 Å². The van der Waals surface area contributed by atoms with E-state index in [1.807, 2.05) is 57.1 Å². The zero-order valence-corrected chi connectivity index (χ0v) is 38.0. The van der Waals surface area contributed by atoms with Gasteiger partial charge in [-0.3, -0.25) is 9.59 Å². The number of aromatic amines is 2. The van der Waals surface area contributed by atoms with Crippen LogP contribution in [0.3, 0.4) is 0 Å². The maximum absolute atomic E-state index is 14.0. The molecule has 8 rings (SSSR count). The molecule has 4 aromatic rings. The van der Waals surface area contributed by atoms with Crippen molar-refractivity contribution in [3.63, 3.8) is 0 Å². The van der Waals surface area contributed by atoms with E-state index in [9.17, 15) is 19.2 Å². The highest BCUT2D eigenvalue weighted by Crippen LogP contribution is 2.50. The van der Waals surface area contributed by atoms with Crippen molar-refractivity contribution in [3.05, 3.63) is 94.9 Å². The molecule has 2 aromatic heterocycles. The van der Waals surface area contributed by atoms with Crippen molar-refractivity contribution in [1.29, 1.82) is 0 Å². The number of hydrogen-bond donors (Lipinski definition) is 5. The van der Waals surface area contributed by atoms with Gasteiger partial charge in [0, 0.05) is 47.2 Å². The minimum Gasteiger partial charge on any atom is -0.457 e. The number of methoxy groups -OCH3 is 2. The molecule has 4 heterocycles. The highest BCUT2D eigenvalue weighted by atomic mass is 16.5. The molecular formula is C49H60N8O7. The Morgan fingerprint density at radius 1 is 0.844 bits per heavy atom. The molecule has 2 fully saturated rings. The standard InChI is InChI=1S/C49H60N8O7/c1-26(2)42(55-47(60)62-7)45(58)52-22-32(28-9-10-28)15-18-41-50-23-36(53-41)31-13-16-34-40(21-31)64-39-17-14-30(19-35(39)49(34,5)6)37-24-51-44(54-37)38-20-33(29-11-12-29)25-57(38)46(59)43(27(3)4)56-48(61)63-8/h13-17,19-21,23-24,26-29,38,42-43H,9-12,18,22,25H2,1-8H3,(H,50,53)(H,51,54)(H,52,58)(H,55,60)(H,56,61)/b32-15+. The largest absolute Gasteiger partial charge is 0.457 e. The first-order chi connectivity index (χ1) is 30.6. The first-order valence-corrected chi connectivity index (χ1v) is 22.4. The van der Waals surface area contributed by atoms with E-state index in [2.05, 4.69) is 81.2 Å². The van der Waals surface area contributed by atoms with E-state index in [0.717, 1.165) is 82.2 Å². The van der Waals surface area contributed by atoms with Gasteiger partial charge in [0.1, 0.15) is 41.3 Å². The summed E-state index contributed by atoms with van der Waals surface area (Å²) in [6, 6.07) is 10.6. The number of hydrogen-bond acceptors (Lipinski definition) is 9. The molecule has 64 heavy (non-hydrogen) atoms. The molecule has 15 nitrogen and oxygen atoms in total. The second-order valence-corrected chi connectivity index (χ2v) is 18.7. The number of imidazole rings is 2. The Balaban J connectivity index is 0.958. The second-order valence-electron chi connectivity index (χ2n) is 18.7. The summed E-state index contributed by atoms with van der Waals surface area (Å²) in [6.45, 7) is 12.9. The topological polar surface area (TPSA) is 193 Å². The molecule has 4 aliphatic rings. The molecular weight excluding hydrogens is 813 g/mol. The van der Waals surface area contributed by atoms with Crippen LogP contribution < -0.4 is 20.7 Å². The highest BCUT2D eigenvalue weighted by Gasteiger charge is 2.41. The van der Waals surface area contributed by atoms with Crippen LogP contribution in [0, 0.1) is 23.7 Å².